The molecule has 0 radical (unpaired) electrons. The van der Waals surface area contributed by atoms with Gasteiger partial charge in [-0.3, -0.25) is 19.6 Å². The zero-order valence-corrected chi connectivity index (χ0v) is 22.1. The van der Waals surface area contributed by atoms with E-state index in [1.54, 1.807) is 23.9 Å². The molecule has 192 valence electrons. The Morgan fingerprint density at radius 2 is 1.51 bits per heavy atom. The third-order valence-corrected chi connectivity index (χ3v) is 6.13. The van der Waals surface area contributed by atoms with Gasteiger partial charge in [-0.05, 0) is 65.5 Å². The highest BCUT2D eigenvalue weighted by Crippen LogP contribution is 2.23. The number of hydroxylamine groups is 1. The minimum atomic E-state index is -0.591. The highest BCUT2D eigenvalue weighted by Gasteiger charge is 2.12. The Bertz CT molecular complexity index is 934. The highest BCUT2D eigenvalue weighted by molar-refractivity contribution is 7.99. The Balaban J connectivity index is 2.47. The minimum Gasteiger partial charge on any atom is -0.354 e. The first-order valence-electron chi connectivity index (χ1n) is 11.9. The van der Waals surface area contributed by atoms with Crippen molar-refractivity contribution in [1.82, 2.24) is 16.1 Å². The second-order valence-electron chi connectivity index (χ2n) is 8.58. The zero-order valence-electron chi connectivity index (χ0n) is 21.3. The molecule has 7 nitrogen and oxygen atoms in total. The molecule has 0 aliphatic carbocycles. The van der Waals surface area contributed by atoms with Crippen LogP contribution in [0, 0.1) is 0 Å². The van der Waals surface area contributed by atoms with Crippen LogP contribution >= 0.6 is 11.8 Å². The van der Waals surface area contributed by atoms with Crippen LogP contribution in [-0.2, 0) is 9.59 Å². The lowest BCUT2D eigenvalue weighted by Crippen LogP contribution is -2.38. The predicted molar refractivity (Wildman–Crippen MR) is 142 cm³/mol. The van der Waals surface area contributed by atoms with Crippen molar-refractivity contribution >= 4 is 29.5 Å². The van der Waals surface area contributed by atoms with E-state index in [1.165, 1.54) is 22.2 Å². The highest BCUT2D eigenvalue weighted by atomic mass is 32.2. The molecule has 0 spiro atoms. The maximum Gasteiger partial charge on any atom is 0.252 e. The Morgan fingerprint density at radius 1 is 0.857 bits per heavy atom. The number of rotatable bonds is 15. The van der Waals surface area contributed by atoms with Gasteiger partial charge in [0, 0.05) is 23.6 Å². The molecule has 0 atom stereocenters. The standard InChI is InChI=1S/C27H39N3O4S/c1-20(2)9-7-10-21(3)11-8-12-22(4)16-18-35-24-14-6-5-13-23(24)27(33)29-19-26(32)28-17-15-25(31)30-34/h5-6,9,11,13-14,16,34H,7-8,10,12,15,17-19H2,1-4H3,(H,28,32)(H,29,33)(H,30,31)/b21-11+,22-16+. The van der Waals surface area contributed by atoms with Crippen LogP contribution in [0.1, 0.15) is 70.2 Å². The Morgan fingerprint density at radius 3 is 2.20 bits per heavy atom. The Labute approximate surface area is 213 Å². The van der Waals surface area contributed by atoms with Crippen LogP contribution < -0.4 is 16.1 Å². The van der Waals surface area contributed by atoms with E-state index in [-0.39, 0.29) is 25.4 Å². The second-order valence-corrected chi connectivity index (χ2v) is 9.65. The molecule has 0 saturated carbocycles. The lowest BCUT2D eigenvalue weighted by atomic mass is 10.1. The molecule has 0 aliphatic heterocycles. The Kier molecular flexibility index (Phi) is 15.2. The van der Waals surface area contributed by atoms with E-state index in [9.17, 15) is 14.4 Å². The van der Waals surface area contributed by atoms with Gasteiger partial charge >= 0.3 is 0 Å². The van der Waals surface area contributed by atoms with Crippen molar-refractivity contribution in [2.45, 2.75) is 64.7 Å². The summed E-state index contributed by atoms with van der Waals surface area (Å²) in [5.74, 6) is -0.571. The summed E-state index contributed by atoms with van der Waals surface area (Å²) in [4.78, 5) is 36.2. The molecule has 4 N–H and O–H groups in total. The molecule has 0 aromatic heterocycles. The van der Waals surface area contributed by atoms with E-state index in [2.05, 4.69) is 56.6 Å². The molecule has 0 unspecified atom stereocenters. The quantitative estimate of drug-likeness (QED) is 0.118. The van der Waals surface area contributed by atoms with E-state index in [4.69, 9.17) is 5.21 Å². The molecule has 0 fully saturated rings. The van der Waals surface area contributed by atoms with Crippen LogP contribution in [0.4, 0.5) is 0 Å². The predicted octanol–water partition coefficient (Wildman–Crippen LogP) is 4.94. The first-order valence-corrected chi connectivity index (χ1v) is 12.9. The molecule has 0 aliphatic rings. The van der Waals surface area contributed by atoms with Crippen molar-refractivity contribution in [3.05, 3.63) is 64.8 Å². The molecular weight excluding hydrogens is 462 g/mol. The molecule has 35 heavy (non-hydrogen) atoms. The molecule has 3 amide bonds. The summed E-state index contributed by atoms with van der Waals surface area (Å²) in [5.41, 5.74) is 6.12. The van der Waals surface area contributed by atoms with E-state index < -0.39 is 11.8 Å². The lowest BCUT2D eigenvalue weighted by molar-refractivity contribution is -0.129. The first kappa shape index (κ1) is 30.2. The number of hydrogen-bond acceptors (Lipinski definition) is 5. The number of allylic oxidation sites excluding steroid dienone is 5. The van der Waals surface area contributed by atoms with Crippen molar-refractivity contribution in [2.75, 3.05) is 18.8 Å². The van der Waals surface area contributed by atoms with E-state index in [0.717, 1.165) is 36.3 Å². The van der Waals surface area contributed by atoms with Crippen LogP contribution in [-0.4, -0.2) is 41.8 Å². The largest absolute Gasteiger partial charge is 0.354 e. The van der Waals surface area contributed by atoms with Gasteiger partial charge < -0.3 is 10.6 Å². The van der Waals surface area contributed by atoms with Gasteiger partial charge in [-0.25, -0.2) is 5.48 Å². The third kappa shape index (κ3) is 14.2. The molecule has 0 saturated heterocycles. The van der Waals surface area contributed by atoms with E-state index in [0.29, 0.717) is 5.56 Å². The number of amides is 3. The van der Waals surface area contributed by atoms with Gasteiger partial charge in [0.25, 0.3) is 5.91 Å². The molecule has 1 aromatic rings. The molecule has 8 heteroatoms. The number of nitrogens with one attached hydrogen (secondary N) is 3. The zero-order chi connectivity index (χ0) is 26.1. The first-order chi connectivity index (χ1) is 16.7. The number of carbonyl (C=O) groups excluding carboxylic acids is 3. The van der Waals surface area contributed by atoms with Gasteiger partial charge in [0.05, 0.1) is 12.1 Å². The summed E-state index contributed by atoms with van der Waals surface area (Å²) in [6.45, 7) is 8.45. The summed E-state index contributed by atoms with van der Waals surface area (Å²) in [5, 5.41) is 13.6. The maximum absolute atomic E-state index is 12.6. The smallest absolute Gasteiger partial charge is 0.252 e. The molecule has 1 rings (SSSR count). The minimum absolute atomic E-state index is 0.0469. The topological polar surface area (TPSA) is 108 Å². The van der Waals surface area contributed by atoms with Crippen molar-refractivity contribution in [2.24, 2.45) is 0 Å². The van der Waals surface area contributed by atoms with Crippen molar-refractivity contribution in [3.8, 4) is 0 Å². The lowest BCUT2D eigenvalue weighted by Gasteiger charge is -2.10. The van der Waals surface area contributed by atoms with Gasteiger partial charge in [-0.2, -0.15) is 0 Å². The summed E-state index contributed by atoms with van der Waals surface area (Å²) in [6, 6.07) is 7.31. The summed E-state index contributed by atoms with van der Waals surface area (Å²) in [7, 11) is 0. The monoisotopic (exact) mass is 501 g/mol. The van der Waals surface area contributed by atoms with Gasteiger partial charge in [-0.15, -0.1) is 11.8 Å². The summed E-state index contributed by atoms with van der Waals surface area (Å²) in [6.07, 6.45) is 11.0. The Hall–Kier alpha value is -2.84. The summed E-state index contributed by atoms with van der Waals surface area (Å²) >= 11 is 1.58. The van der Waals surface area contributed by atoms with Gasteiger partial charge in [0.2, 0.25) is 11.8 Å². The van der Waals surface area contributed by atoms with Crippen molar-refractivity contribution < 1.29 is 19.6 Å². The fourth-order valence-corrected chi connectivity index (χ4v) is 4.12. The van der Waals surface area contributed by atoms with Crippen molar-refractivity contribution in [3.63, 3.8) is 0 Å². The van der Waals surface area contributed by atoms with Crippen LogP contribution in [0.3, 0.4) is 0 Å². The average molecular weight is 502 g/mol. The maximum atomic E-state index is 12.6. The van der Waals surface area contributed by atoms with Crippen molar-refractivity contribution in [1.29, 1.82) is 0 Å². The SMILES string of the molecule is CC(C)=CCC/C(C)=C/CC/C(C)=C/CSc1ccccc1C(=O)NCC(=O)NCCC(=O)NO. The van der Waals surface area contributed by atoms with Crippen LogP contribution in [0.2, 0.25) is 0 Å². The van der Waals surface area contributed by atoms with Crippen LogP contribution in [0.25, 0.3) is 0 Å². The number of thioether (sulfide) groups is 1. The fraction of sp³-hybridized carbons (Fsp3) is 0.444. The second kappa shape index (κ2) is 17.6. The summed E-state index contributed by atoms with van der Waals surface area (Å²) < 4.78 is 0. The van der Waals surface area contributed by atoms with Gasteiger partial charge in [0.1, 0.15) is 0 Å². The van der Waals surface area contributed by atoms with E-state index >= 15 is 0 Å². The van der Waals surface area contributed by atoms with Crippen LogP contribution in [0.5, 0.6) is 0 Å². The normalized spacial score (nSPS) is 11.6. The van der Waals surface area contributed by atoms with Gasteiger partial charge in [0.15, 0.2) is 0 Å². The molecular formula is C27H39N3O4S. The fourth-order valence-electron chi connectivity index (χ4n) is 3.08. The number of benzene rings is 1. The third-order valence-electron chi connectivity index (χ3n) is 5.13. The van der Waals surface area contributed by atoms with Crippen LogP contribution in [0.15, 0.2) is 64.1 Å². The number of hydrogen-bond donors (Lipinski definition) is 4. The van der Waals surface area contributed by atoms with E-state index in [1.807, 2.05) is 12.1 Å². The molecule has 0 heterocycles. The molecule has 0 bridgehead atoms. The van der Waals surface area contributed by atoms with Gasteiger partial charge in [-0.1, -0.05) is 47.1 Å². The average Bonchev–Trinajstić information content (AvgIpc) is 2.82. The molecule has 1 aromatic carbocycles. The number of carbonyl (C=O) groups is 3.